The van der Waals surface area contributed by atoms with Crippen LogP contribution in [0.3, 0.4) is 0 Å². The van der Waals surface area contributed by atoms with Crippen LogP contribution in [0.5, 0.6) is 0 Å². The van der Waals surface area contributed by atoms with Crippen molar-refractivity contribution in [3.05, 3.63) is 59.7 Å². The zero-order chi connectivity index (χ0) is 19.3. The van der Waals surface area contributed by atoms with Crippen LogP contribution in [0.25, 0.3) is 0 Å². The minimum atomic E-state index is -3.47. The van der Waals surface area contributed by atoms with Gasteiger partial charge in [-0.2, -0.15) is 4.31 Å². The first-order chi connectivity index (χ1) is 12.9. The average molecular weight is 424 g/mol. The van der Waals surface area contributed by atoms with E-state index in [1.165, 1.54) is 0 Å². The molecule has 0 aliphatic carbocycles. The second kappa shape index (κ2) is 9.91. The van der Waals surface area contributed by atoms with Gasteiger partial charge in [0.05, 0.1) is 11.3 Å². The number of anilines is 1. The van der Waals surface area contributed by atoms with Crippen molar-refractivity contribution in [3.63, 3.8) is 0 Å². The van der Waals surface area contributed by atoms with Crippen LogP contribution in [0.2, 0.25) is 0 Å². The van der Waals surface area contributed by atoms with Gasteiger partial charge < -0.3 is 11.1 Å². The van der Waals surface area contributed by atoms with Crippen LogP contribution in [0.15, 0.2) is 53.4 Å². The number of hydrogen-bond donors (Lipinski definition) is 2. The van der Waals surface area contributed by atoms with Gasteiger partial charge in [-0.1, -0.05) is 30.7 Å². The summed E-state index contributed by atoms with van der Waals surface area (Å²) in [4.78, 5) is 12.4. The van der Waals surface area contributed by atoms with Crippen LogP contribution in [0, 0.1) is 0 Å². The van der Waals surface area contributed by atoms with Gasteiger partial charge >= 0.3 is 0 Å². The molecule has 1 heterocycles. The number of carbonyl (C=O) groups excluding carboxylic acids is 1. The maximum atomic E-state index is 12.8. The fraction of sp³-hybridized carbons (Fsp3) is 0.350. The summed E-state index contributed by atoms with van der Waals surface area (Å²) < 4.78 is 27.1. The molecule has 152 valence electrons. The molecule has 0 unspecified atom stereocenters. The second-order valence-electron chi connectivity index (χ2n) is 6.81. The molecule has 0 atom stereocenters. The predicted molar refractivity (Wildman–Crippen MR) is 113 cm³/mol. The molecule has 0 radical (unpaired) electrons. The van der Waals surface area contributed by atoms with Crippen LogP contribution >= 0.6 is 12.4 Å². The molecule has 1 aliphatic heterocycles. The number of piperidine rings is 1. The summed E-state index contributed by atoms with van der Waals surface area (Å²) in [5.41, 5.74) is 7.94. The maximum absolute atomic E-state index is 12.8. The Kier molecular flexibility index (Phi) is 7.86. The molecule has 0 aromatic heterocycles. The Bertz CT molecular complexity index is 895. The van der Waals surface area contributed by atoms with Crippen molar-refractivity contribution in [2.75, 3.05) is 18.8 Å². The zero-order valence-electron chi connectivity index (χ0n) is 15.6. The molecular formula is C20H26ClN3O3S. The summed E-state index contributed by atoms with van der Waals surface area (Å²) in [6.45, 7) is 1.44. The number of carbonyl (C=O) groups is 1. The molecule has 6 nitrogen and oxygen atoms in total. The molecule has 1 fully saturated rings. The van der Waals surface area contributed by atoms with E-state index >= 15 is 0 Å². The smallest absolute Gasteiger partial charge is 0.243 e. The highest BCUT2D eigenvalue weighted by Crippen LogP contribution is 2.21. The first-order valence-corrected chi connectivity index (χ1v) is 10.6. The standard InChI is InChI=1S/C20H25N3O3S.ClH/c21-18-9-7-16(8-10-18)14-20(24)22-15-17-5-4-6-19(13-17)27(25,26)23-11-2-1-3-12-23;/h4-10,13H,1-3,11-12,14-15,21H2,(H,22,24);1H. The minimum absolute atomic E-state index is 0. The molecule has 0 saturated carbocycles. The van der Waals surface area contributed by atoms with Crippen molar-refractivity contribution >= 4 is 34.0 Å². The number of rotatable bonds is 6. The Labute approximate surface area is 172 Å². The largest absolute Gasteiger partial charge is 0.399 e. The average Bonchev–Trinajstić information content (AvgIpc) is 2.69. The topological polar surface area (TPSA) is 92.5 Å². The molecular weight excluding hydrogens is 398 g/mol. The summed E-state index contributed by atoms with van der Waals surface area (Å²) in [7, 11) is -3.47. The fourth-order valence-corrected chi connectivity index (χ4v) is 4.74. The molecule has 1 saturated heterocycles. The molecule has 2 aromatic carbocycles. The van der Waals surface area contributed by atoms with Gasteiger partial charge in [0.25, 0.3) is 0 Å². The summed E-state index contributed by atoms with van der Waals surface area (Å²) in [6, 6.07) is 14.0. The Morgan fingerprint density at radius 1 is 1.00 bits per heavy atom. The summed E-state index contributed by atoms with van der Waals surface area (Å²) in [5, 5.41) is 2.84. The molecule has 2 aromatic rings. The SMILES string of the molecule is Cl.Nc1ccc(CC(=O)NCc2cccc(S(=O)(=O)N3CCCCC3)c2)cc1. The van der Waals surface area contributed by atoms with Crippen molar-refractivity contribution in [2.24, 2.45) is 0 Å². The van der Waals surface area contributed by atoms with E-state index in [0.29, 0.717) is 18.8 Å². The lowest BCUT2D eigenvalue weighted by Gasteiger charge is -2.26. The van der Waals surface area contributed by atoms with Gasteiger partial charge in [0.15, 0.2) is 0 Å². The van der Waals surface area contributed by atoms with E-state index in [9.17, 15) is 13.2 Å². The normalized spacial score (nSPS) is 14.9. The first kappa shape index (κ1) is 22.2. The van der Waals surface area contributed by atoms with E-state index in [-0.39, 0.29) is 36.2 Å². The van der Waals surface area contributed by atoms with E-state index < -0.39 is 10.0 Å². The lowest BCUT2D eigenvalue weighted by atomic mass is 10.1. The molecule has 28 heavy (non-hydrogen) atoms. The highest BCUT2D eigenvalue weighted by atomic mass is 35.5. The molecule has 8 heteroatoms. The predicted octanol–water partition coefficient (Wildman–Crippen LogP) is 2.72. The Balaban J connectivity index is 0.00000280. The molecule has 3 rings (SSSR count). The molecule has 0 bridgehead atoms. The van der Waals surface area contributed by atoms with Crippen molar-refractivity contribution in [3.8, 4) is 0 Å². The summed E-state index contributed by atoms with van der Waals surface area (Å²) in [6.07, 6.45) is 3.14. The number of sulfonamides is 1. The van der Waals surface area contributed by atoms with Crippen molar-refractivity contribution < 1.29 is 13.2 Å². The van der Waals surface area contributed by atoms with Gasteiger partial charge in [0.1, 0.15) is 0 Å². The highest BCUT2D eigenvalue weighted by molar-refractivity contribution is 7.89. The van der Waals surface area contributed by atoms with Gasteiger partial charge in [-0.25, -0.2) is 8.42 Å². The summed E-state index contributed by atoms with van der Waals surface area (Å²) in [5.74, 6) is -0.121. The zero-order valence-corrected chi connectivity index (χ0v) is 17.3. The van der Waals surface area contributed by atoms with Crippen LogP contribution in [-0.4, -0.2) is 31.7 Å². The van der Waals surface area contributed by atoms with Crippen LogP contribution in [-0.2, 0) is 27.8 Å². The lowest BCUT2D eigenvalue weighted by molar-refractivity contribution is -0.120. The van der Waals surface area contributed by atoms with Crippen LogP contribution in [0.1, 0.15) is 30.4 Å². The minimum Gasteiger partial charge on any atom is -0.399 e. The molecule has 3 N–H and O–H groups in total. The van der Waals surface area contributed by atoms with Crippen molar-refractivity contribution in [1.82, 2.24) is 9.62 Å². The second-order valence-corrected chi connectivity index (χ2v) is 8.75. The number of hydrogen-bond acceptors (Lipinski definition) is 4. The number of nitrogens with one attached hydrogen (secondary N) is 1. The van der Waals surface area contributed by atoms with Gasteiger partial charge in [-0.15, -0.1) is 12.4 Å². The third-order valence-corrected chi connectivity index (χ3v) is 6.58. The van der Waals surface area contributed by atoms with Crippen LogP contribution < -0.4 is 11.1 Å². The first-order valence-electron chi connectivity index (χ1n) is 9.15. The Morgan fingerprint density at radius 3 is 2.36 bits per heavy atom. The van der Waals surface area contributed by atoms with E-state index in [1.807, 2.05) is 18.2 Å². The number of benzene rings is 2. The lowest BCUT2D eigenvalue weighted by Crippen LogP contribution is -2.35. The number of nitrogen functional groups attached to an aromatic ring is 1. The summed E-state index contributed by atoms with van der Waals surface area (Å²) >= 11 is 0. The molecule has 1 aliphatic rings. The number of nitrogens with zero attached hydrogens (tertiary/aromatic N) is 1. The quantitative estimate of drug-likeness (QED) is 0.698. The monoisotopic (exact) mass is 423 g/mol. The van der Waals surface area contributed by atoms with Crippen molar-refractivity contribution in [1.29, 1.82) is 0 Å². The molecule has 1 amide bonds. The van der Waals surface area contributed by atoms with E-state index in [1.54, 1.807) is 34.6 Å². The highest BCUT2D eigenvalue weighted by Gasteiger charge is 2.25. The van der Waals surface area contributed by atoms with Crippen LogP contribution in [0.4, 0.5) is 5.69 Å². The number of halogens is 1. The van der Waals surface area contributed by atoms with Crippen molar-refractivity contribution in [2.45, 2.75) is 37.1 Å². The number of amides is 1. The third-order valence-electron chi connectivity index (χ3n) is 4.69. The van der Waals surface area contributed by atoms with Gasteiger partial charge in [0, 0.05) is 25.3 Å². The fourth-order valence-electron chi connectivity index (χ4n) is 3.15. The number of nitrogens with two attached hydrogens (primary N) is 1. The van der Waals surface area contributed by atoms with E-state index in [0.717, 1.165) is 30.4 Å². The van der Waals surface area contributed by atoms with E-state index in [2.05, 4.69) is 5.32 Å². The maximum Gasteiger partial charge on any atom is 0.243 e. The molecule has 0 spiro atoms. The Hall–Kier alpha value is -2.09. The van der Waals surface area contributed by atoms with Gasteiger partial charge in [0.2, 0.25) is 15.9 Å². The third kappa shape index (κ3) is 5.70. The Morgan fingerprint density at radius 2 is 1.68 bits per heavy atom. The van der Waals surface area contributed by atoms with Gasteiger partial charge in [-0.3, -0.25) is 4.79 Å². The van der Waals surface area contributed by atoms with Gasteiger partial charge in [-0.05, 0) is 48.2 Å². The van der Waals surface area contributed by atoms with E-state index in [4.69, 9.17) is 5.73 Å².